The second-order valence-corrected chi connectivity index (χ2v) is 4.88. The fourth-order valence-corrected chi connectivity index (χ4v) is 2.05. The first-order chi connectivity index (χ1) is 8.52. The van der Waals surface area contributed by atoms with E-state index in [9.17, 15) is 4.79 Å². The Labute approximate surface area is 114 Å². The second-order valence-electron chi connectivity index (χ2n) is 4.50. The fourth-order valence-electron chi connectivity index (χ4n) is 1.92. The highest BCUT2D eigenvalue weighted by Gasteiger charge is 2.22. The van der Waals surface area contributed by atoms with E-state index >= 15 is 0 Å². The molecule has 1 rings (SSSR count). The lowest BCUT2D eigenvalue weighted by atomic mass is 10.2. The highest BCUT2D eigenvalue weighted by atomic mass is 35.5. The van der Waals surface area contributed by atoms with Gasteiger partial charge >= 0.3 is 0 Å². The number of nitrogens with one attached hydrogen (secondary N) is 1. The molecule has 1 atom stereocenters. The predicted octanol–water partition coefficient (Wildman–Crippen LogP) is 3.02. The number of aromatic nitrogens is 2. The summed E-state index contributed by atoms with van der Waals surface area (Å²) in [7, 11) is 0. The summed E-state index contributed by atoms with van der Waals surface area (Å²) in [6.45, 7) is 8.55. The highest BCUT2D eigenvalue weighted by Crippen LogP contribution is 2.23. The summed E-state index contributed by atoms with van der Waals surface area (Å²) in [5, 5.41) is 7.95. The number of amides is 1. The number of carbonyl (C=O) groups is 1. The molecule has 0 aliphatic heterocycles. The average molecular weight is 272 g/mol. The first kappa shape index (κ1) is 15.0. The molecular formula is C13H22ClN3O. The Kier molecular flexibility index (Phi) is 5.66. The Morgan fingerprint density at radius 3 is 2.56 bits per heavy atom. The lowest BCUT2D eigenvalue weighted by Crippen LogP contribution is -2.33. The first-order valence-corrected chi connectivity index (χ1v) is 6.89. The van der Waals surface area contributed by atoms with E-state index in [0.29, 0.717) is 11.4 Å². The van der Waals surface area contributed by atoms with Crippen LogP contribution in [-0.2, 0) is 4.79 Å². The third kappa shape index (κ3) is 3.25. The molecule has 102 valence electrons. The molecule has 18 heavy (non-hydrogen) atoms. The molecule has 0 fully saturated rings. The van der Waals surface area contributed by atoms with Crippen molar-refractivity contribution in [2.24, 2.45) is 0 Å². The minimum Gasteiger partial charge on any atom is -0.354 e. The van der Waals surface area contributed by atoms with Crippen molar-refractivity contribution < 1.29 is 4.79 Å². The number of carbonyl (C=O) groups excluding carboxylic acids is 1. The molecular weight excluding hydrogens is 250 g/mol. The number of hydrogen-bond donors (Lipinski definition) is 1. The fraction of sp³-hybridized carbons (Fsp3) is 0.692. The number of aryl methyl sites for hydroxylation is 1. The van der Waals surface area contributed by atoms with Crippen LogP contribution in [0.3, 0.4) is 0 Å². The summed E-state index contributed by atoms with van der Waals surface area (Å²) in [6.07, 6.45) is 2.78. The lowest BCUT2D eigenvalue weighted by molar-refractivity contribution is -0.124. The van der Waals surface area contributed by atoms with Crippen LogP contribution in [0.1, 0.15) is 50.5 Å². The largest absolute Gasteiger partial charge is 0.354 e. The van der Waals surface area contributed by atoms with Gasteiger partial charge in [0.25, 0.3) is 0 Å². The van der Waals surface area contributed by atoms with E-state index in [2.05, 4.69) is 17.3 Å². The maximum absolute atomic E-state index is 12.1. The smallest absolute Gasteiger partial charge is 0.244 e. The van der Waals surface area contributed by atoms with Gasteiger partial charge in [0.2, 0.25) is 5.91 Å². The molecule has 1 aromatic rings. The summed E-state index contributed by atoms with van der Waals surface area (Å²) in [5.74, 6) is 0.0215. The van der Waals surface area contributed by atoms with Gasteiger partial charge in [0, 0.05) is 6.54 Å². The van der Waals surface area contributed by atoms with E-state index in [1.165, 1.54) is 0 Å². The molecule has 0 bridgehead atoms. The average Bonchev–Trinajstić information content (AvgIpc) is 2.59. The number of hydrogen-bond acceptors (Lipinski definition) is 2. The van der Waals surface area contributed by atoms with Crippen molar-refractivity contribution in [3.8, 4) is 0 Å². The Balaban J connectivity index is 2.82. The number of unbranched alkanes of at least 4 members (excludes halogenated alkanes) is 1. The van der Waals surface area contributed by atoms with E-state index in [-0.39, 0.29) is 11.9 Å². The molecule has 1 N–H and O–H groups in total. The molecule has 4 nitrogen and oxygen atoms in total. The number of rotatable bonds is 6. The molecule has 0 saturated carbocycles. The van der Waals surface area contributed by atoms with Crippen LogP contribution in [0, 0.1) is 13.8 Å². The lowest BCUT2D eigenvalue weighted by Gasteiger charge is -2.17. The van der Waals surface area contributed by atoms with Crippen LogP contribution in [0.2, 0.25) is 5.02 Å². The summed E-state index contributed by atoms with van der Waals surface area (Å²) in [5.41, 5.74) is 1.63. The summed E-state index contributed by atoms with van der Waals surface area (Å²) in [4.78, 5) is 12.1. The van der Waals surface area contributed by atoms with E-state index < -0.39 is 0 Å². The van der Waals surface area contributed by atoms with Gasteiger partial charge in [-0.05, 0) is 26.7 Å². The van der Waals surface area contributed by atoms with Crippen LogP contribution in [0.5, 0.6) is 0 Å². The van der Waals surface area contributed by atoms with E-state index in [0.717, 1.165) is 30.8 Å². The molecule has 1 unspecified atom stereocenters. The standard InChI is InChI=1S/C13H22ClN3O/c1-5-7-8-15-13(18)11(6-2)17-10(4)12(14)9(3)16-17/h11H,5-8H2,1-4H3,(H,15,18). The Bertz CT molecular complexity index is 415. The van der Waals surface area contributed by atoms with Crippen molar-refractivity contribution in [2.45, 2.75) is 53.0 Å². The van der Waals surface area contributed by atoms with Crippen LogP contribution in [-0.4, -0.2) is 22.2 Å². The Morgan fingerprint density at radius 1 is 1.44 bits per heavy atom. The summed E-state index contributed by atoms with van der Waals surface area (Å²) < 4.78 is 1.74. The van der Waals surface area contributed by atoms with Gasteiger partial charge in [0.05, 0.1) is 16.4 Å². The van der Waals surface area contributed by atoms with Gasteiger partial charge in [0.15, 0.2) is 0 Å². The Hall–Kier alpha value is -1.03. The van der Waals surface area contributed by atoms with E-state index in [4.69, 9.17) is 11.6 Å². The van der Waals surface area contributed by atoms with Crippen molar-refractivity contribution in [2.75, 3.05) is 6.54 Å². The minimum atomic E-state index is -0.270. The van der Waals surface area contributed by atoms with E-state index in [1.807, 2.05) is 20.8 Å². The molecule has 1 amide bonds. The zero-order chi connectivity index (χ0) is 13.7. The van der Waals surface area contributed by atoms with Gasteiger partial charge in [-0.2, -0.15) is 5.10 Å². The van der Waals surface area contributed by atoms with Crippen molar-refractivity contribution in [1.29, 1.82) is 0 Å². The van der Waals surface area contributed by atoms with Crippen LogP contribution in [0.4, 0.5) is 0 Å². The van der Waals surface area contributed by atoms with Gasteiger partial charge in [-0.1, -0.05) is 31.9 Å². The van der Waals surface area contributed by atoms with Crippen LogP contribution in [0.15, 0.2) is 0 Å². The topological polar surface area (TPSA) is 46.9 Å². The molecule has 0 aliphatic carbocycles. The zero-order valence-electron chi connectivity index (χ0n) is 11.6. The minimum absolute atomic E-state index is 0.0215. The van der Waals surface area contributed by atoms with E-state index in [1.54, 1.807) is 4.68 Å². The number of nitrogens with zero attached hydrogens (tertiary/aromatic N) is 2. The quantitative estimate of drug-likeness (QED) is 0.809. The van der Waals surface area contributed by atoms with Crippen LogP contribution in [0.25, 0.3) is 0 Å². The SMILES string of the molecule is CCCCNC(=O)C(CC)n1nc(C)c(Cl)c1C. The summed E-state index contributed by atoms with van der Waals surface area (Å²) >= 11 is 6.12. The maximum atomic E-state index is 12.1. The van der Waals surface area contributed by atoms with Crippen LogP contribution >= 0.6 is 11.6 Å². The molecule has 5 heteroatoms. The molecule has 0 aromatic carbocycles. The van der Waals surface area contributed by atoms with Crippen molar-refractivity contribution in [3.05, 3.63) is 16.4 Å². The summed E-state index contributed by atoms with van der Waals surface area (Å²) in [6, 6.07) is -0.270. The maximum Gasteiger partial charge on any atom is 0.244 e. The second kappa shape index (κ2) is 6.78. The monoisotopic (exact) mass is 271 g/mol. The third-order valence-corrected chi connectivity index (χ3v) is 3.60. The Morgan fingerprint density at radius 2 is 2.11 bits per heavy atom. The van der Waals surface area contributed by atoms with Crippen LogP contribution < -0.4 is 5.32 Å². The van der Waals surface area contributed by atoms with Crippen molar-refractivity contribution >= 4 is 17.5 Å². The van der Waals surface area contributed by atoms with Gasteiger partial charge in [-0.3, -0.25) is 9.48 Å². The highest BCUT2D eigenvalue weighted by molar-refractivity contribution is 6.31. The van der Waals surface area contributed by atoms with Gasteiger partial charge in [-0.25, -0.2) is 0 Å². The number of halogens is 1. The first-order valence-electron chi connectivity index (χ1n) is 6.51. The molecule has 0 radical (unpaired) electrons. The zero-order valence-corrected chi connectivity index (χ0v) is 12.3. The molecule has 0 aliphatic rings. The third-order valence-electron chi connectivity index (χ3n) is 3.05. The van der Waals surface area contributed by atoms with Gasteiger partial charge in [-0.15, -0.1) is 0 Å². The van der Waals surface area contributed by atoms with Crippen molar-refractivity contribution in [1.82, 2.24) is 15.1 Å². The molecule has 0 spiro atoms. The molecule has 0 saturated heterocycles. The molecule has 1 aromatic heterocycles. The molecule has 1 heterocycles. The normalized spacial score (nSPS) is 12.5. The van der Waals surface area contributed by atoms with Crippen molar-refractivity contribution in [3.63, 3.8) is 0 Å². The predicted molar refractivity (Wildman–Crippen MR) is 74.0 cm³/mol. The van der Waals surface area contributed by atoms with Gasteiger partial charge in [0.1, 0.15) is 6.04 Å². The van der Waals surface area contributed by atoms with Gasteiger partial charge < -0.3 is 5.32 Å².